The van der Waals surface area contributed by atoms with Crippen LogP contribution in [0.5, 0.6) is 0 Å². The molecule has 0 aliphatic heterocycles. The molecule has 1 aromatic carbocycles. The van der Waals surface area contributed by atoms with Gasteiger partial charge in [0.05, 0.1) is 17.3 Å². The van der Waals surface area contributed by atoms with Crippen LogP contribution in [0.3, 0.4) is 0 Å². The fraction of sp³-hybridized carbons (Fsp3) is 0.0833. The molecule has 21 heavy (non-hydrogen) atoms. The second-order valence-electron chi connectivity index (χ2n) is 4.05. The predicted molar refractivity (Wildman–Crippen MR) is 77.8 cm³/mol. The highest BCUT2D eigenvalue weighted by Gasteiger charge is 2.17. The van der Waals surface area contributed by atoms with Gasteiger partial charge in [-0.3, -0.25) is 14.9 Å². The third-order valence-corrected chi connectivity index (χ3v) is 3.09. The fourth-order valence-corrected chi connectivity index (χ4v) is 1.89. The quantitative estimate of drug-likeness (QED) is 0.689. The van der Waals surface area contributed by atoms with Crippen molar-refractivity contribution in [3.8, 4) is 0 Å². The van der Waals surface area contributed by atoms with Gasteiger partial charge in [0.1, 0.15) is 15.9 Å². The maximum absolute atomic E-state index is 12.0. The van der Waals surface area contributed by atoms with Crippen molar-refractivity contribution < 1.29 is 9.72 Å². The number of hydrogen-bond acceptors (Lipinski definition) is 5. The molecule has 1 amide bonds. The molecule has 0 spiro atoms. The zero-order valence-corrected chi connectivity index (χ0v) is 12.1. The van der Waals surface area contributed by atoms with Gasteiger partial charge in [-0.2, -0.15) is 0 Å². The summed E-state index contributed by atoms with van der Waals surface area (Å²) >= 11 is 11.4. The van der Waals surface area contributed by atoms with Gasteiger partial charge in [0, 0.05) is 11.8 Å². The molecule has 2 aromatic rings. The first kappa shape index (κ1) is 15.1. The molecule has 7 nitrogen and oxygen atoms in total. The van der Waals surface area contributed by atoms with Gasteiger partial charge in [0.2, 0.25) is 0 Å². The maximum atomic E-state index is 12.0. The van der Waals surface area contributed by atoms with E-state index in [0.717, 1.165) is 0 Å². The minimum absolute atomic E-state index is 0.0632. The monoisotopic (exact) mass is 326 g/mol. The van der Waals surface area contributed by atoms with Gasteiger partial charge in [-0.1, -0.05) is 23.2 Å². The Bertz CT molecular complexity index is 719. The summed E-state index contributed by atoms with van der Waals surface area (Å²) in [6, 6.07) is 2.60. The number of halogens is 2. The number of aromatic nitrogens is 2. The third kappa shape index (κ3) is 3.45. The van der Waals surface area contributed by atoms with Crippen LogP contribution in [0, 0.1) is 17.0 Å². The molecule has 9 heteroatoms. The third-order valence-electron chi connectivity index (χ3n) is 2.59. The van der Waals surface area contributed by atoms with E-state index in [-0.39, 0.29) is 21.6 Å². The number of carbonyl (C=O) groups is 1. The molecular formula is C12H8Cl2N4O3. The predicted octanol–water partition coefficient (Wildman–Crippen LogP) is 3.25. The van der Waals surface area contributed by atoms with E-state index >= 15 is 0 Å². The lowest BCUT2D eigenvalue weighted by atomic mass is 10.1. The summed E-state index contributed by atoms with van der Waals surface area (Å²) in [7, 11) is 0. The number of aryl methyl sites for hydroxylation is 1. The maximum Gasteiger partial charge on any atom is 0.288 e. The van der Waals surface area contributed by atoms with E-state index in [4.69, 9.17) is 23.2 Å². The lowest BCUT2D eigenvalue weighted by Gasteiger charge is -2.08. The van der Waals surface area contributed by atoms with Crippen LogP contribution in [0.25, 0.3) is 0 Å². The van der Waals surface area contributed by atoms with Crippen molar-refractivity contribution in [3.63, 3.8) is 0 Å². The Labute approximate surface area is 129 Å². The van der Waals surface area contributed by atoms with E-state index < -0.39 is 10.8 Å². The van der Waals surface area contributed by atoms with Crippen molar-refractivity contribution in [1.29, 1.82) is 0 Å². The van der Waals surface area contributed by atoms with Crippen molar-refractivity contribution in [3.05, 3.63) is 56.1 Å². The number of amides is 1. The van der Waals surface area contributed by atoms with Crippen LogP contribution in [-0.4, -0.2) is 20.8 Å². The van der Waals surface area contributed by atoms with Crippen LogP contribution in [0.15, 0.2) is 24.5 Å². The Kier molecular flexibility index (Phi) is 4.35. The lowest BCUT2D eigenvalue weighted by molar-refractivity contribution is -0.384. The van der Waals surface area contributed by atoms with Crippen LogP contribution >= 0.6 is 23.2 Å². The van der Waals surface area contributed by atoms with Gasteiger partial charge in [-0.05, 0) is 18.6 Å². The largest absolute Gasteiger partial charge is 0.320 e. The van der Waals surface area contributed by atoms with E-state index in [1.807, 2.05) is 0 Å². The number of anilines is 1. The van der Waals surface area contributed by atoms with Crippen molar-refractivity contribution in [2.45, 2.75) is 6.92 Å². The second kappa shape index (κ2) is 6.02. The Morgan fingerprint density at radius 3 is 2.57 bits per heavy atom. The van der Waals surface area contributed by atoms with Crippen molar-refractivity contribution in [2.24, 2.45) is 0 Å². The first-order valence-electron chi connectivity index (χ1n) is 5.62. The lowest BCUT2D eigenvalue weighted by Crippen LogP contribution is -2.14. The zero-order valence-electron chi connectivity index (χ0n) is 10.6. The summed E-state index contributed by atoms with van der Waals surface area (Å²) < 4.78 is 0. The number of hydrogen-bond donors (Lipinski definition) is 1. The van der Waals surface area contributed by atoms with E-state index in [0.29, 0.717) is 11.3 Å². The molecule has 1 aromatic heterocycles. The molecule has 0 aliphatic rings. The summed E-state index contributed by atoms with van der Waals surface area (Å²) in [5.74, 6) is -0.521. The average molecular weight is 327 g/mol. The fourth-order valence-electron chi connectivity index (χ4n) is 1.56. The molecule has 1 heterocycles. The number of nitro benzene ring substituents is 1. The normalized spacial score (nSPS) is 10.2. The standard InChI is InChI=1S/C12H8Cl2N4O3/c1-6-2-10(18(20)21)7(13)3-8(6)17-12(19)9-4-16-11(14)5-15-9/h2-5H,1H3,(H,17,19). The summed E-state index contributed by atoms with van der Waals surface area (Å²) in [6.45, 7) is 1.62. The number of nitro groups is 1. The molecule has 0 bridgehead atoms. The van der Waals surface area contributed by atoms with Crippen LogP contribution in [0.1, 0.15) is 16.1 Å². The van der Waals surface area contributed by atoms with Crippen LogP contribution in [0.4, 0.5) is 11.4 Å². The summed E-state index contributed by atoms with van der Waals surface area (Å²) in [6.07, 6.45) is 2.46. The van der Waals surface area contributed by atoms with Gasteiger partial charge >= 0.3 is 0 Å². The summed E-state index contributed by atoms with van der Waals surface area (Å²) in [4.78, 5) is 29.7. The number of nitrogens with zero attached hydrogens (tertiary/aromatic N) is 3. The molecule has 0 fully saturated rings. The highest BCUT2D eigenvalue weighted by atomic mass is 35.5. The first-order valence-corrected chi connectivity index (χ1v) is 6.37. The van der Waals surface area contributed by atoms with Crippen molar-refractivity contribution in [1.82, 2.24) is 9.97 Å². The molecule has 0 atom stereocenters. The van der Waals surface area contributed by atoms with Crippen LogP contribution in [-0.2, 0) is 0 Å². The average Bonchev–Trinajstić information content (AvgIpc) is 2.42. The zero-order chi connectivity index (χ0) is 15.6. The van der Waals surface area contributed by atoms with Gasteiger partial charge in [-0.25, -0.2) is 9.97 Å². The molecule has 1 N–H and O–H groups in total. The highest BCUT2D eigenvalue weighted by molar-refractivity contribution is 6.33. The number of nitrogens with one attached hydrogen (secondary N) is 1. The van der Waals surface area contributed by atoms with Gasteiger partial charge in [0.25, 0.3) is 11.6 Å². The van der Waals surface area contributed by atoms with Gasteiger partial charge in [-0.15, -0.1) is 0 Å². The number of rotatable bonds is 3. The molecule has 0 saturated heterocycles. The van der Waals surface area contributed by atoms with E-state index in [2.05, 4.69) is 15.3 Å². The number of benzene rings is 1. The molecule has 108 valence electrons. The Hall–Kier alpha value is -2.25. The number of carbonyl (C=O) groups excluding carboxylic acids is 1. The summed E-state index contributed by atoms with van der Waals surface area (Å²) in [5.41, 5.74) is 0.695. The van der Waals surface area contributed by atoms with Crippen molar-refractivity contribution in [2.75, 3.05) is 5.32 Å². The van der Waals surface area contributed by atoms with Gasteiger partial charge in [0.15, 0.2) is 0 Å². The van der Waals surface area contributed by atoms with Crippen LogP contribution in [0.2, 0.25) is 10.2 Å². The first-order chi connectivity index (χ1) is 9.88. The van der Waals surface area contributed by atoms with Gasteiger partial charge < -0.3 is 5.32 Å². The smallest absolute Gasteiger partial charge is 0.288 e. The van der Waals surface area contributed by atoms with Crippen molar-refractivity contribution >= 4 is 40.5 Å². The molecule has 0 radical (unpaired) electrons. The van der Waals surface area contributed by atoms with E-state index in [1.165, 1.54) is 24.5 Å². The Morgan fingerprint density at radius 1 is 1.29 bits per heavy atom. The minimum atomic E-state index is -0.592. The van der Waals surface area contributed by atoms with E-state index in [1.54, 1.807) is 6.92 Å². The summed E-state index contributed by atoms with van der Waals surface area (Å²) in [5, 5.41) is 13.4. The molecule has 0 aliphatic carbocycles. The second-order valence-corrected chi connectivity index (χ2v) is 4.85. The Morgan fingerprint density at radius 2 is 2.00 bits per heavy atom. The van der Waals surface area contributed by atoms with E-state index in [9.17, 15) is 14.9 Å². The highest BCUT2D eigenvalue weighted by Crippen LogP contribution is 2.30. The van der Waals surface area contributed by atoms with Crippen LogP contribution < -0.4 is 5.32 Å². The molecule has 0 saturated carbocycles. The molecule has 0 unspecified atom stereocenters. The minimum Gasteiger partial charge on any atom is -0.320 e. The molecule has 2 rings (SSSR count). The SMILES string of the molecule is Cc1cc([N+](=O)[O-])c(Cl)cc1NC(=O)c1cnc(Cl)cn1. The Balaban J connectivity index is 2.27. The molecular weight excluding hydrogens is 319 g/mol. The topological polar surface area (TPSA) is 98.0 Å².